The predicted molar refractivity (Wildman–Crippen MR) is 86.0 cm³/mol. The maximum atomic E-state index is 12.1. The number of carbonyl (C=O) groups excluding carboxylic acids is 2. The Hall–Kier alpha value is -2.62. The summed E-state index contributed by atoms with van der Waals surface area (Å²) in [6, 6.07) is 13.5. The first kappa shape index (κ1) is 14.3. The van der Waals surface area contributed by atoms with Gasteiger partial charge in [-0.25, -0.2) is 0 Å². The fraction of sp³-hybridized carbons (Fsp3) is 0.222. The topological polar surface area (TPSA) is 58.2 Å². The van der Waals surface area contributed by atoms with Crippen LogP contribution < -0.4 is 10.6 Å². The van der Waals surface area contributed by atoms with Gasteiger partial charge in [0.25, 0.3) is 5.91 Å². The Bertz CT molecular complexity index is 738. The molecule has 0 saturated heterocycles. The molecule has 0 spiro atoms. The van der Waals surface area contributed by atoms with Gasteiger partial charge in [-0.2, -0.15) is 0 Å². The lowest BCUT2D eigenvalue weighted by atomic mass is 10.1. The SMILES string of the molecule is Cc1ccccc1C(=O)NCCc1ccc2c(c1)CC(=O)N2. The Balaban J connectivity index is 1.58. The van der Waals surface area contributed by atoms with E-state index in [1.807, 2.05) is 49.4 Å². The van der Waals surface area contributed by atoms with Crippen LogP contribution in [0.1, 0.15) is 27.0 Å². The number of benzene rings is 2. The van der Waals surface area contributed by atoms with Gasteiger partial charge in [-0.15, -0.1) is 0 Å². The Morgan fingerprint density at radius 2 is 2.05 bits per heavy atom. The number of hydrogen-bond acceptors (Lipinski definition) is 2. The van der Waals surface area contributed by atoms with Crippen LogP contribution in [0.5, 0.6) is 0 Å². The van der Waals surface area contributed by atoms with Gasteiger partial charge in [-0.05, 0) is 42.2 Å². The predicted octanol–water partition coefficient (Wildman–Crippen LogP) is 2.46. The van der Waals surface area contributed by atoms with E-state index in [0.29, 0.717) is 18.5 Å². The van der Waals surface area contributed by atoms with Crippen LogP contribution in [0.3, 0.4) is 0 Å². The van der Waals surface area contributed by atoms with E-state index in [9.17, 15) is 9.59 Å². The normalized spacial score (nSPS) is 12.7. The molecule has 2 N–H and O–H groups in total. The van der Waals surface area contributed by atoms with Crippen molar-refractivity contribution in [3.8, 4) is 0 Å². The number of carbonyl (C=O) groups is 2. The fourth-order valence-corrected chi connectivity index (χ4v) is 2.68. The van der Waals surface area contributed by atoms with Crippen LogP contribution in [-0.2, 0) is 17.6 Å². The molecule has 0 radical (unpaired) electrons. The van der Waals surface area contributed by atoms with Crippen molar-refractivity contribution in [2.75, 3.05) is 11.9 Å². The van der Waals surface area contributed by atoms with Gasteiger partial charge in [0.05, 0.1) is 6.42 Å². The minimum atomic E-state index is -0.0453. The molecule has 112 valence electrons. The molecule has 22 heavy (non-hydrogen) atoms. The zero-order chi connectivity index (χ0) is 15.5. The third-order valence-electron chi connectivity index (χ3n) is 3.88. The molecule has 3 rings (SSSR count). The molecule has 0 saturated carbocycles. The molecule has 0 unspecified atom stereocenters. The fourth-order valence-electron chi connectivity index (χ4n) is 2.68. The van der Waals surface area contributed by atoms with Gasteiger partial charge in [0.1, 0.15) is 0 Å². The number of fused-ring (bicyclic) bond motifs is 1. The van der Waals surface area contributed by atoms with E-state index >= 15 is 0 Å². The smallest absolute Gasteiger partial charge is 0.251 e. The molecule has 0 bridgehead atoms. The Morgan fingerprint density at radius 1 is 1.23 bits per heavy atom. The van der Waals surface area contributed by atoms with E-state index in [4.69, 9.17) is 0 Å². The van der Waals surface area contributed by atoms with Crippen LogP contribution in [-0.4, -0.2) is 18.4 Å². The van der Waals surface area contributed by atoms with Gasteiger partial charge in [0.2, 0.25) is 5.91 Å². The van der Waals surface area contributed by atoms with Crippen LogP contribution in [0.2, 0.25) is 0 Å². The summed E-state index contributed by atoms with van der Waals surface area (Å²) in [4.78, 5) is 23.5. The Kier molecular flexibility index (Phi) is 3.92. The molecule has 1 aliphatic heterocycles. The molecule has 2 aromatic rings. The van der Waals surface area contributed by atoms with E-state index in [1.54, 1.807) is 0 Å². The summed E-state index contributed by atoms with van der Waals surface area (Å²) in [7, 11) is 0. The highest BCUT2D eigenvalue weighted by Gasteiger charge is 2.17. The highest BCUT2D eigenvalue weighted by Crippen LogP contribution is 2.23. The van der Waals surface area contributed by atoms with Crippen molar-refractivity contribution >= 4 is 17.5 Å². The molecule has 2 aromatic carbocycles. The average molecular weight is 294 g/mol. The van der Waals surface area contributed by atoms with E-state index in [0.717, 1.165) is 28.8 Å². The second kappa shape index (κ2) is 6.02. The lowest BCUT2D eigenvalue weighted by Gasteiger charge is -2.08. The van der Waals surface area contributed by atoms with Gasteiger partial charge in [0.15, 0.2) is 0 Å². The summed E-state index contributed by atoms with van der Waals surface area (Å²) in [6.07, 6.45) is 1.19. The van der Waals surface area contributed by atoms with Crippen LogP contribution in [0.4, 0.5) is 5.69 Å². The Labute approximate surface area is 129 Å². The minimum Gasteiger partial charge on any atom is -0.352 e. The van der Waals surface area contributed by atoms with Crippen molar-refractivity contribution in [3.05, 3.63) is 64.7 Å². The summed E-state index contributed by atoms with van der Waals surface area (Å²) in [5, 5.41) is 5.76. The molecule has 4 heteroatoms. The lowest BCUT2D eigenvalue weighted by molar-refractivity contribution is -0.115. The zero-order valence-electron chi connectivity index (χ0n) is 12.5. The number of amides is 2. The van der Waals surface area contributed by atoms with Gasteiger partial charge in [-0.1, -0.05) is 30.3 Å². The summed E-state index contributed by atoms with van der Waals surface area (Å²) < 4.78 is 0. The second-order valence-corrected chi connectivity index (χ2v) is 5.54. The number of anilines is 1. The summed E-state index contributed by atoms with van der Waals surface area (Å²) >= 11 is 0. The maximum absolute atomic E-state index is 12.1. The minimum absolute atomic E-state index is 0.0417. The largest absolute Gasteiger partial charge is 0.352 e. The van der Waals surface area contributed by atoms with E-state index in [2.05, 4.69) is 10.6 Å². The second-order valence-electron chi connectivity index (χ2n) is 5.54. The third kappa shape index (κ3) is 3.01. The molecule has 4 nitrogen and oxygen atoms in total. The average Bonchev–Trinajstić information content (AvgIpc) is 2.87. The molecule has 0 aromatic heterocycles. The Morgan fingerprint density at radius 3 is 2.86 bits per heavy atom. The van der Waals surface area contributed by atoms with Crippen molar-refractivity contribution in [2.45, 2.75) is 19.8 Å². The quantitative estimate of drug-likeness (QED) is 0.910. The number of nitrogens with one attached hydrogen (secondary N) is 2. The van der Waals surface area contributed by atoms with Crippen molar-refractivity contribution in [2.24, 2.45) is 0 Å². The van der Waals surface area contributed by atoms with Crippen LogP contribution >= 0.6 is 0 Å². The van der Waals surface area contributed by atoms with Gasteiger partial charge >= 0.3 is 0 Å². The maximum Gasteiger partial charge on any atom is 0.251 e. The zero-order valence-corrected chi connectivity index (χ0v) is 12.5. The van der Waals surface area contributed by atoms with Crippen molar-refractivity contribution in [1.29, 1.82) is 0 Å². The van der Waals surface area contributed by atoms with Crippen molar-refractivity contribution < 1.29 is 9.59 Å². The number of rotatable bonds is 4. The summed E-state index contributed by atoms with van der Waals surface area (Å²) in [5.41, 5.74) is 4.75. The lowest BCUT2D eigenvalue weighted by Crippen LogP contribution is -2.26. The van der Waals surface area contributed by atoms with Gasteiger partial charge in [0, 0.05) is 17.8 Å². The first-order chi connectivity index (χ1) is 10.6. The van der Waals surface area contributed by atoms with E-state index in [1.165, 1.54) is 0 Å². The highest BCUT2D eigenvalue weighted by atomic mass is 16.2. The van der Waals surface area contributed by atoms with E-state index < -0.39 is 0 Å². The molecule has 0 atom stereocenters. The number of aryl methyl sites for hydroxylation is 1. The van der Waals surface area contributed by atoms with Crippen molar-refractivity contribution in [3.63, 3.8) is 0 Å². The summed E-state index contributed by atoms with van der Waals surface area (Å²) in [5.74, 6) is -0.00360. The molecule has 1 aliphatic rings. The molecule has 0 aliphatic carbocycles. The van der Waals surface area contributed by atoms with Gasteiger partial charge in [-0.3, -0.25) is 9.59 Å². The molecule has 2 amide bonds. The van der Waals surface area contributed by atoms with Crippen LogP contribution in [0.25, 0.3) is 0 Å². The number of hydrogen-bond donors (Lipinski definition) is 2. The molecule has 0 fully saturated rings. The molecular formula is C18H18N2O2. The highest BCUT2D eigenvalue weighted by molar-refractivity contribution is 5.99. The monoisotopic (exact) mass is 294 g/mol. The first-order valence-corrected chi connectivity index (χ1v) is 7.39. The first-order valence-electron chi connectivity index (χ1n) is 7.39. The molecule has 1 heterocycles. The molecular weight excluding hydrogens is 276 g/mol. The van der Waals surface area contributed by atoms with E-state index in [-0.39, 0.29) is 11.8 Å². The van der Waals surface area contributed by atoms with Crippen molar-refractivity contribution in [1.82, 2.24) is 5.32 Å². The summed E-state index contributed by atoms with van der Waals surface area (Å²) in [6.45, 7) is 2.51. The van der Waals surface area contributed by atoms with Crippen LogP contribution in [0.15, 0.2) is 42.5 Å². The third-order valence-corrected chi connectivity index (χ3v) is 3.88. The van der Waals surface area contributed by atoms with Gasteiger partial charge < -0.3 is 10.6 Å². The van der Waals surface area contributed by atoms with Crippen LogP contribution in [0, 0.1) is 6.92 Å². The standard InChI is InChI=1S/C18H18N2O2/c1-12-4-2-3-5-15(12)18(22)19-9-8-13-6-7-16-14(10-13)11-17(21)20-16/h2-7,10H,8-9,11H2,1H3,(H,19,22)(H,20,21).